The minimum atomic E-state index is -1.39. The smallest absolute Gasteiger partial charge is 0.335 e. The number of nitriles is 1. The van der Waals surface area contributed by atoms with Gasteiger partial charge in [-0.3, -0.25) is 4.90 Å². The van der Waals surface area contributed by atoms with Crippen molar-refractivity contribution < 1.29 is 32.9 Å². The van der Waals surface area contributed by atoms with E-state index in [2.05, 4.69) is 14.8 Å². The maximum absolute atomic E-state index is 15.1. The Morgan fingerprint density at radius 2 is 1.91 bits per heavy atom. The second-order valence-corrected chi connectivity index (χ2v) is 12.5. The van der Waals surface area contributed by atoms with Gasteiger partial charge in [-0.05, 0) is 61.7 Å². The highest BCUT2D eigenvalue weighted by atomic mass is 19.1. The molecule has 4 aromatic rings. The Balaban J connectivity index is 1.06. The number of imidazole rings is 1. The van der Waals surface area contributed by atoms with Gasteiger partial charge in [0, 0.05) is 38.7 Å². The number of nitrogens with zero attached hydrogens (tertiary/aromatic N) is 5. The van der Waals surface area contributed by atoms with Crippen LogP contribution in [0.4, 0.5) is 14.5 Å². The Labute approximate surface area is 263 Å². The number of carboxylic acid groups (broad SMARTS) is 1. The minimum absolute atomic E-state index is 0.0215. The molecule has 1 aliphatic carbocycles. The second kappa shape index (κ2) is 10.7. The van der Waals surface area contributed by atoms with Crippen LogP contribution in [0, 0.1) is 23.0 Å². The van der Waals surface area contributed by atoms with E-state index in [1.807, 2.05) is 28.8 Å². The first-order valence-electron chi connectivity index (χ1n) is 15.5. The molecule has 8 rings (SSSR count). The Morgan fingerprint density at radius 3 is 2.61 bits per heavy atom. The summed E-state index contributed by atoms with van der Waals surface area (Å²) in [6.45, 7) is 4.71. The number of fused-ring (bicyclic) bond motifs is 3. The first kappa shape index (κ1) is 28.7. The Morgan fingerprint density at radius 1 is 1.09 bits per heavy atom. The third-order valence-corrected chi connectivity index (χ3v) is 9.81. The summed E-state index contributed by atoms with van der Waals surface area (Å²) in [5.74, 6) is -2.04. The molecule has 4 heterocycles. The van der Waals surface area contributed by atoms with Crippen LogP contribution in [-0.4, -0.2) is 63.4 Å². The van der Waals surface area contributed by atoms with E-state index in [-0.39, 0.29) is 40.4 Å². The molecular weight excluding hydrogens is 596 g/mol. The van der Waals surface area contributed by atoms with E-state index in [1.165, 1.54) is 18.2 Å². The van der Waals surface area contributed by atoms with Gasteiger partial charge in [-0.15, -0.1) is 0 Å². The number of carbonyl (C=O) groups is 1. The lowest BCUT2D eigenvalue weighted by Crippen LogP contribution is -2.64. The SMILES string of the molecule is C[C@@]1(c2ccc(C#N)cc2F)Oc2cccc(N3CCN(Cc4nc5c(F)cc(C(=O)O)cc5n4C[C@@H]4CCO4)[C@@H]4CC[C@@H]43)c2O1. The van der Waals surface area contributed by atoms with E-state index in [4.69, 9.17) is 19.5 Å². The van der Waals surface area contributed by atoms with E-state index in [9.17, 15) is 9.90 Å². The summed E-state index contributed by atoms with van der Waals surface area (Å²) in [5.41, 5.74) is 1.83. The molecule has 10 nitrogen and oxygen atoms in total. The number of hydrogen-bond donors (Lipinski definition) is 1. The zero-order valence-corrected chi connectivity index (χ0v) is 25.1. The van der Waals surface area contributed by atoms with Crippen molar-refractivity contribution in [2.24, 2.45) is 0 Å². The molecule has 1 N–H and O–H groups in total. The Bertz CT molecular complexity index is 1940. The molecule has 0 unspecified atom stereocenters. The number of halogens is 2. The average Bonchev–Trinajstić information content (AvgIpc) is 3.52. The number of benzene rings is 3. The molecule has 0 amide bonds. The molecule has 4 atom stereocenters. The van der Waals surface area contributed by atoms with Gasteiger partial charge in [0.15, 0.2) is 17.3 Å². The van der Waals surface area contributed by atoms with Crippen LogP contribution < -0.4 is 14.4 Å². The summed E-state index contributed by atoms with van der Waals surface area (Å²) in [7, 11) is 0. The molecular formula is C34H31F2N5O5. The van der Waals surface area contributed by atoms with Gasteiger partial charge in [0.05, 0.1) is 53.2 Å². The van der Waals surface area contributed by atoms with Crippen LogP contribution in [0.15, 0.2) is 48.5 Å². The molecule has 236 valence electrons. The largest absolute Gasteiger partial charge is 0.478 e. The molecule has 1 saturated carbocycles. The van der Waals surface area contributed by atoms with E-state index >= 15 is 8.78 Å². The third-order valence-electron chi connectivity index (χ3n) is 9.81. The summed E-state index contributed by atoms with van der Waals surface area (Å²) in [4.78, 5) is 21.1. The zero-order chi connectivity index (χ0) is 31.7. The first-order chi connectivity index (χ1) is 22.2. The van der Waals surface area contributed by atoms with Gasteiger partial charge in [0.2, 0.25) is 0 Å². The fraction of sp³-hybridized carbons (Fsp3) is 0.382. The highest BCUT2D eigenvalue weighted by Gasteiger charge is 2.47. The molecule has 1 aromatic heterocycles. The lowest BCUT2D eigenvalue weighted by atomic mass is 9.81. The summed E-state index contributed by atoms with van der Waals surface area (Å²) in [6, 6.07) is 14.8. The fourth-order valence-electron chi connectivity index (χ4n) is 7.21. The number of carboxylic acids is 1. The quantitative estimate of drug-likeness (QED) is 0.297. The lowest BCUT2D eigenvalue weighted by molar-refractivity contribution is -0.0706. The van der Waals surface area contributed by atoms with Crippen molar-refractivity contribution >= 4 is 22.7 Å². The van der Waals surface area contributed by atoms with Crippen molar-refractivity contribution in [1.82, 2.24) is 14.5 Å². The van der Waals surface area contributed by atoms with E-state index in [0.29, 0.717) is 55.6 Å². The highest BCUT2D eigenvalue weighted by Crippen LogP contribution is 2.51. The van der Waals surface area contributed by atoms with Crippen molar-refractivity contribution in [3.8, 4) is 17.6 Å². The average molecular weight is 628 g/mol. The van der Waals surface area contributed by atoms with Crippen molar-refractivity contribution in [2.45, 2.75) is 63.3 Å². The molecule has 3 fully saturated rings. The molecule has 4 aliphatic rings. The topological polar surface area (TPSA) is 113 Å². The molecule has 3 aliphatic heterocycles. The summed E-state index contributed by atoms with van der Waals surface area (Å²) in [6.07, 6.45) is 2.81. The van der Waals surface area contributed by atoms with Crippen LogP contribution >= 0.6 is 0 Å². The van der Waals surface area contributed by atoms with Crippen molar-refractivity contribution in [3.05, 3.63) is 82.7 Å². The van der Waals surface area contributed by atoms with Crippen LogP contribution in [0.25, 0.3) is 11.0 Å². The summed E-state index contributed by atoms with van der Waals surface area (Å²) >= 11 is 0. The van der Waals surface area contributed by atoms with Crippen molar-refractivity contribution in [2.75, 3.05) is 24.6 Å². The van der Waals surface area contributed by atoms with Crippen LogP contribution in [-0.2, 0) is 23.6 Å². The van der Waals surface area contributed by atoms with Crippen molar-refractivity contribution in [1.29, 1.82) is 5.26 Å². The van der Waals surface area contributed by atoms with Crippen LogP contribution in [0.1, 0.15) is 53.5 Å². The number of para-hydroxylation sites is 1. The predicted molar refractivity (Wildman–Crippen MR) is 162 cm³/mol. The number of rotatable bonds is 7. The zero-order valence-electron chi connectivity index (χ0n) is 25.1. The number of aromatic nitrogens is 2. The second-order valence-electron chi connectivity index (χ2n) is 12.5. The van der Waals surface area contributed by atoms with Crippen LogP contribution in [0.3, 0.4) is 0 Å². The molecule has 0 radical (unpaired) electrons. The van der Waals surface area contributed by atoms with Gasteiger partial charge in [-0.2, -0.15) is 5.26 Å². The van der Waals surface area contributed by atoms with Crippen LogP contribution in [0.2, 0.25) is 0 Å². The van der Waals surface area contributed by atoms with E-state index in [1.54, 1.807) is 13.0 Å². The maximum Gasteiger partial charge on any atom is 0.335 e. The lowest BCUT2D eigenvalue weighted by Gasteiger charge is -2.54. The first-order valence-corrected chi connectivity index (χ1v) is 15.5. The molecule has 12 heteroatoms. The van der Waals surface area contributed by atoms with Gasteiger partial charge in [0.1, 0.15) is 17.2 Å². The number of ether oxygens (including phenoxy) is 3. The molecule has 46 heavy (non-hydrogen) atoms. The van der Waals surface area contributed by atoms with Crippen LogP contribution in [0.5, 0.6) is 11.5 Å². The predicted octanol–water partition coefficient (Wildman–Crippen LogP) is 5.17. The van der Waals surface area contributed by atoms with Crippen molar-refractivity contribution in [3.63, 3.8) is 0 Å². The number of hydrogen-bond acceptors (Lipinski definition) is 8. The van der Waals surface area contributed by atoms with E-state index < -0.39 is 23.4 Å². The maximum atomic E-state index is 15.1. The monoisotopic (exact) mass is 627 g/mol. The van der Waals surface area contributed by atoms with Gasteiger partial charge in [-0.1, -0.05) is 6.07 Å². The molecule has 2 saturated heterocycles. The molecule has 3 aromatic carbocycles. The standard InChI is InChI=1S/C34H31F2N5O5/c1-34(22-6-5-19(16-37)13-23(22)35)45-29-4-2-3-27(32(29)46-34)40-11-10-39(25-7-8-26(25)40)18-30-38-31-24(36)14-20(33(42)43)15-28(31)41(30)17-21-9-12-44-21/h2-6,13-15,21,25-26H,7-12,17-18H2,1H3,(H,42,43)/t21-,25+,26-,34+/m0/s1. The Hall–Kier alpha value is -4.73. The minimum Gasteiger partial charge on any atom is -0.478 e. The Kier molecular flexibility index (Phi) is 6.67. The van der Waals surface area contributed by atoms with Gasteiger partial charge < -0.3 is 28.8 Å². The van der Waals surface area contributed by atoms with E-state index in [0.717, 1.165) is 31.0 Å². The van der Waals surface area contributed by atoms with Gasteiger partial charge in [-0.25, -0.2) is 18.6 Å². The number of anilines is 1. The fourth-order valence-corrected chi connectivity index (χ4v) is 7.21. The normalized spacial score (nSPS) is 25.1. The molecule has 0 bridgehead atoms. The summed E-state index contributed by atoms with van der Waals surface area (Å²) in [5, 5.41) is 18.7. The summed E-state index contributed by atoms with van der Waals surface area (Å²) < 4.78 is 50.3. The third kappa shape index (κ3) is 4.56. The highest BCUT2D eigenvalue weighted by molar-refractivity contribution is 5.92. The molecule has 0 spiro atoms. The van der Waals surface area contributed by atoms with Gasteiger partial charge >= 0.3 is 5.97 Å². The van der Waals surface area contributed by atoms with Gasteiger partial charge in [0.25, 0.3) is 5.79 Å². The number of aromatic carboxylic acids is 1. The number of piperazine rings is 1.